The first kappa shape index (κ1) is 18.4. The summed E-state index contributed by atoms with van der Waals surface area (Å²) in [5.74, 6) is 0. The van der Waals surface area contributed by atoms with E-state index in [0.29, 0.717) is 11.1 Å². The van der Waals surface area contributed by atoms with Crippen LogP contribution in [0.1, 0.15) is 66.9 Å². The molecule has 0 spiro atoms. The van der Waals surface area contributed by atoms with Crippen molar-refractivity contribution in [3.05, 3.63) is 29.8 Å². The van der Waals surface area contributed by atoms with Crippen LogP contribution < -0.4 is 5.19 Å². The van der Waals surface area contributed by atoms with Crippen molar-refractivity contribution in [3.63, 3.8) is 0 Å². The van der Waals surface area contributed by atoms with Crippen molar-refractivity contribution in [2.75, 3.05) is 0 Å². The van der Waals surface area contributed by atoms with E-state index in [1.54, 1.807) is 0 Å². The van der Waals surface area contributed by atoms with E-state index in [4.69, 9.17) is 0 Å². The summed E-state index contributed by atoms with van der Waals surface area (Å²) in [5.41, 5.74) is 1.76. The third-order valence-corrected chi connectivity index (χ3v) is 11.8. The fourth-order valence-corrected chi connectivity index (χ4v) is 10.1. The van der Waals surface area contributed by atoms with Crippen LogP contribution in [-0.2, 0) is 5.60 Å². The average Bonchev–Trinajstić information content (AvgIpc) is 2.38. The first-order valence-electron chi connectivity index (χ1n) is 8.50. The molecule has 0 saturated carbocycles. The van der Waals surface area contributed by atoms with E-state index in [1.807, 2.05) is 13.8 Å². The van der Waals surface area contributed by atoms with Crippen LogP contribution in [0.4, 0.5) is 0 Å². The smallest absolute Gasteiger partial charge is 0.0922 e. The van der Waals surface area contributed by atoms with Gasteiger partial charge in [0.15, 0.2) is 0 Å². The van der Waals surface area contributed by atoms with E-state index >= 15 is 0 Å². The summed E-state index contributed by atoms with van der Waals surface area (Å²) in [5, 5.41) is 12.1. The minimum absolute atomic E-state index is 0.688. The molecule has 1 aromatic rings. The third kappa shape index (κ3) is 3.78. The lowest BCUT2D eigenvalue weighted by atomic mass is 9.98. The van der Waals surface area contributed by atoms with Crippen molar-refractivity contribution in [3.8, 4) is 0 Å². The highest BCUT2D eigenvalue weighted by Gasteiger charge is 2.43. The second-order valence-electron chi connectivity index (χ2n) is 7.56. The Balaban J connectivity index is 3.53. The van der Waals surface area contributed by atoms with Crippen LogP contribution in [-0.4, -0.2) is 13.2 Å². The van der Waals surface area contributed by atoms with Gasteiger partial charge in [-0.3, -0.25) is 0 Å². The Hall–Kier alpha value is -0.603. The lowest BCUT2D eigenvalue weighted by molar-refractivity contribution is 0.0796. The summed E-state index contributed by atoms with van der Waals surface area (Å²) in [4.78, 5) is 0. The fraction of sp³-hybridized carbons (Fsp3) is 0.684. The summed E-state index contributed by atoms with van der Waals surface area (Å²) in [6.07, 6.45) is 2.54. The molecule has 0 radical (unpaired) electrons. The molecule has 2 heteroatoms. The monoisotopic (exact) mass is 306 g/mol. The molecule has 0 atom stereocenters. The molecule has 0 amide bonds. The van der Waals surface area contributed by atoms with Crippen LogP contribution in [0.5, 0.6) is 0 Å². The van der Waals surface area contributed by atoms with Gasteiger partial charge in [0.05, 0.1) is 13.7 Å². The van der Waals surface area contributed by atoms with Crippen LogP contribution in [0.15, 0.2) is 24.3 Å². The second kappa shape index (κ2) is 7.10. The number of hydrogen-bond acceptors (Lipinski definition) is 1. The molecule has 0 heterocycles. The molecule has 0 aliphatic carbocycles. The molecule has 1 nitrogen and oxygen atoms in total. The lowest BCUT2D eigenvalue weighted by Crippen LogP contribution is -2.55. The van der Waals surface area contributed by atoms with Crippen LogP contribution in [0.2, 0.25) is 17.1 Å². The van der Waals surface area contributed by atoms with Crippen LogP contribution >= 0.6 is 0 Å². The summed E-state index contributed by atoms with van der Waals surface area (Å²) in [6, 6.07) is 9.98. The highest BCUT2D eigenvalue weighted by molar-refractivity contribution is 6.94. The molecular weight excluding hydrogens is 272 g/mol. The maximum absolute atomic E-state index is 10.6. The topological polar surface area (TPSA) is 20.2 Å². The fourth-order valence-electron chi connectivity index (χ4n) is 3.89. The van der Waals surface area contributed by atoms with E-state index in [-0.39, 0.29) is 0 Å². The summed E-state index contributed by atoms with van der Waals surface area (Å²) in [6.45, 7) is 15.7. The molecular formula is C19H34OSi. The predicted octanol–water partition coefficient (Wildman–Crippen LogP) is 5.19. The predicted molar refractivity (Wildman–Crippen MR) is 97.0 cm³/mol. The normalized spacial score (nSPS) is 13.2. The van der Waals surface area contributed by atoms with E-state index < -0.39 is 13.7 Å². The summed E-state index contributed by atoms with van der Waals surface area (Å²) >= 11 is 0. The first-order chi connectivity index (χ1) is 9.67. The second-order valence-corrected chi connectivity index (χ2v) is 13.0. The van der Waals surface area contributed by atoms with Gasteiger partial charge in [-0.25, -0.2) is 0 Å². The Morgan fingerprint density at radius 3 is 2.00 bits per heavy atom. The van der Waals surface area contributed by atoms with Crippen molar-refractivity contribution < 1.29 is 5.11 Å². The Labute approximate surface area is 132 Å². The molecule has 0 fully saturated rings. The zero-order chi connectivity index (χ0) is 16.3. The number of rotatable bonds is 7. The zero-order valence-electron chi connectivity index (χ0n) is 15.0. The minimum Gasteiger partial charge on any atom is -0.386 e. The Morgan fingerprint density at radius 2 is 1.57 bits per heavy atom. The molecule has 0 bridgehead atoms. The summed E-state index contributed by atoms with van der Waals surface area (Å²) < 4.78 is 0. The van der Waals surface area contributed by atoms with Crippen LogP contribution in [0, 0.1) is 0 Å². The Kier molecular flexibility index (Phi) is 6.24. The van der Waals surface area contributed by atoms with Crippen molar-refractivity contribution in [2.24, 2.45) is 0 Å². The van der Waals surface area contributed by atoms with E-state index in [0.717, 1.165) is 5.56 Å². The average molecular weight is 307 g/mol. The third-order valence-electron chi connectivity index (χ3n) is 5.09. The Morgan fingerprint density at radius 1 is 1.05 bits per heavy atom. The van der Waals surface area contributed by atoms with Crippen LogP contribution in [0.3, 0.4) is 0 Å². The number of hydrogen-bond donors (Lipinski definition) is 1. The molecule has 0 aliphatic rings. The standard InChI is InChI=1S/C19H34OSi/c1-8-9-14-21(15(2)3,16(4)5)18-13-11-10-12-17(18)19(6,7)20/h10-13,15-16,20H,8-9,14H2,1-7H3. The highest BCUT2D eigenvalue weighted by Crippen LogP contribution is 2.39. The van der Waals surface area contributed by atoms with E-state index in [2.05, 4.69) is 58.9 Å². The lowest BCUT2D eigenvalue weighted by Gasteiger charge is -2.43. The zero-order valence-corrected chi connectivity index (χ0v) is 16.0. The minimum atomic E-state index is -1.66. The van der Waals surface area contributed by atoms with Crippen LogP contribution in [0.25, 0.3) is 0 Å². The van der Waals surface area contributed by atoms with Crippen molar-refractivity contribution in [1.29, 1.82) is 0 Å². The van der Waals surface area contributed by atoms with E-state index in [9.17, 15) is 5.11 Å². The Bertz CT molecular complexity index is 435. The van der Waals surface area contributed by atoms with Gasteiger partial charge in [-0.1, -0.05) is 83.0 Å². The largest absolute Gasteiger partial charge is 0.386 e. The quantitative estimate of drug-likeness (QED) is 0.687. The van der Waals surface area contributed by atoms with Gasteiger partial charge in [0.1, 0.15) is 0 Å². The van der Waals surface area contributed by atoms with Gasteiger partial charge in [-0.05, 0) is 30.5 Å². The van der Waals surface area contributed by atoms with Gasteiger partial charge in [-0.2, -0.15) is 0 Å². The molecule has 120 valence electrons. The molecule has 0 saturated heterocycles. The SMILES string of the molecule is CCCC[Si](c1ccccc1C(C)(C)O)(C(C)C)C(C)C. The number of unbranched alkanes of at least 4 members (excludes halogenated alkanes) is 1. The molecule has 1 N–H and O–H groups in total. The molecule has 0 aliphatic heterocycles. The van der Waals surface area contributed by atoms with E-state index in [1.165, 1.54) is 24.1 Å². The highest BCUT2D eigenvalue weighted by atomic mass is 28.3. The van der Waals surface area contributed by atoms with Gasteiger partial charge in [0.2, 0.25) is 0 Å². The van der Waals surface area contributed by atoms with Gasteiger partial charge in [0, 0.05) is 0 Å². The molecule has 21 heavy (non-hydrogen) atoms. The van der Waals surface area contributed by atoms with Gasteiger partial charge in [-0.15, -0.1) is 0 Å². The van der Waals surface area contributed by atoms with Crippen molar-refractivity contribution in [1.82, 2.24) is 0 Å². The van der Waals surface area contributed by atoms with Gasteiger partial charge < -0.3 is 5.11 Å². The molecule has 1 rings (SSSR count). The van der Waals surface area contributed by atoms with Gasteiger partial charge in [0.25, 0.3) is 0 Å². The van der Waals surface area contributed by atoms with Crippen molar-refractivity contribution >= 4 is 13.3 Å². The number of aliphatic hydroxyl groups is 1. The first-order valence-corrected chi connectivity index (χ1v) is 10.9. The number of benzene rings is 1. The molecule has 1 aromatic carbocycles. The summed E-state index contributed by atoms with van der Waals surface area (Å²) in [7, 11) is -1.66. The van der Waals surface area contributed by atoms with Crippen molar-refractivity contribution in [2.45, 2.75) is 84.0 Å². The maximum atomic E-state index is 10.6. The maximum Gasteiger partial charge on any atom is 0.0922 e. The molecule has 0 unspecified atom stereocenters. The van der Waals surface area contributed by atoms with Gasteiger partial charge >= 0.3 is 0 Å². The molecule has 0 aromatic heterocycles.